The number of carbonyl (C=O) groups is 2. The fraction of sp³-hybridized carbons (Fsp3) is 0.393. The molecule has 206 valence electrons. The number of pyridine rings is 1. The summed E-state index contributed by atoms with van der Waals surface area (Å²) < 4.78 is 20.6. The van der Waals surface area contributed by atoms with Crippen LogP contribution in [0, 0.1) is 5.82 Å². The van der Waals surface area contributed by atoms with Crippen LogP contribution in [0.5, 0.6) is 0 Å². The van der Waals surface area contributed by atoms with E-state index < -0.39 is 29.6 Å². The number of anilines is 2. The summed E-state index contributed by atoms with van der Waals surface area (Å²) in [6.45, 7) is 5.02. The van der Waals surface area contributed by atoms with Crippen LogP contribution in [0.15, 0.2) is 55.1 Å². The maximum absolute atomic E-state index is 15.0. The van der Waals surface area contributed by atoms with E-state index in [1.54, 1.807) is 51.5 Å². The predicted molar refractivity (Wildman–Crippen MR) is 144 cm³/mol. The minimum Gasteiger partial charge on any atom is -0.443 e. The Balaban J connectivity index is 1.58. The normalized spacial score (nSPS) is 17.3. The molecule has 10 nitrogen and oxygen atoms in total. The number of aliphatic hydroxyl groups excluding tert-OH is 1. The minimum absolute atomic E-state index is 0.151. The monoisotopic (exact) mass is 536 g/mol. The second-order valence-corrected chi connectivity index (χ2v) is 10.4. The lowest BCUT2D eigenvalue weighted by Crippen LogP contribution is -2.46. The summed E-state index contributed by atoms with van der Waals surface area (Å²) in [4.78, 5) is 39.8. The molecule has 1 aliphatic carbocycles. The highest BCUT2D eigenvalue weighted by Gasteiger charge is 2.27. The number of aromatic nitrogens is 3. The quantitative estimate of drug-likeness (QED) is 0.402. The van der Waals surface area contributed by atoms with Crippen LogP contribution in [0.4, 0.5) is 25.4 Å². The number of ether oxygens (including phenoxy) is 1. The first-order valence-corrected chi connectivity index (χ1v) is 12.9. The number of nitrogens with zero attached hydrogens (tertiary/aromatic N) is 4. The molecule has 2 atom stereocenters. The van der Waals surface area contributed by atoms with E-state index in [2.05, 4.69) is 25.6 Å². The van der Waals surface area contributed by atoms with E-state index in [-0.39, 0.29) is 18.2 Å². The molecule has 11 heteroatoms. The molecule has 0 unspecified atom stereocenters. The van der Waals surface area contributed by atoms with Crippen molar-refractivity contribution in [2.75, 3.05) is 10.2 Å². The van der Waals surface area contributed by atoms with Crippen molar-refractivity contribution in [3.63, 3.8) is 0 Å². The fourth-order valence-corrected chi connectivity index (χ4v) is 4.28. The number of urea groups is 1. The van der Waals surface area contributed by atoms with E-state index in [1.807, 2.05) is 0 Å². The SMILES string of the molecule is CC(C)(C)OC(=O)N(Cc1cc(NC(=O)N[C@@H]2CCCC[C@@H]2O)ccc1F)c1cncc(-c2ncccn2)c1. The first-order chi connectivity index (χ1) is 18.6. The van der Waals surface area contributed by atoms with E-state index in [4.69, 9.17) is 4.74 Å². The number of hydrogen-bond acceptors (Lipinski definition) is 7. The lowest BCUT2D eigenvalue weighted by atomic mass is 9.93. The third kappa shape index (κ3) is 7.70. The largest absolute Gasteiger partial charge is 0.443 e. The lowest BCUT2D eigenvalue weighted by Gasteiger charge is -2.28. The number of aliphatic hydroxyl groups is 1. The van der Waals surface area contributed by atoms with E-state index in [0.29, 0.717) is 35.6 Å². The Morgan fingerprint density at radius 2 is 1.87 bits per heavy atom. The third-order valence-corrected chi connectivity index (χ3v) is 6.15. The highest BCUT2D eigenvalue weighted by molar-refractivity contribution is 5.90. The number of halogens is 1. The first-order valence-electron chi connectivity index (χ1n) is 12.9. The van der Waals surface area contributed by atoms with Crippen molar-refractivity contribution in [3.05, 3.63) is 66.5 Å². The van der Waals surface area contributed by atoms with Crippen molar-refractivity contribution in [2.24, 2.45) is 0 Å². The van der Waals surface area contributed by atoms with Crippen LogP contribution in [-0.4, -0.2) is 49.9 Å². The smallest absolute Gasteiger partial charge is 0.415 e. The van der Waals surface area contributed by atoms with E-state index in [0.717, 1.165) is 12.8 Å². The molecule has 3 N–H and O–H groups in total. The summed E-state index contributed by atoms with van der Waals surface area (Å²) in [6, 6.07) is 6.64. The van der Waals surface area contributed by atoms with Gasteiger partial charge in [-0.2, -0.15) is 0 Å². The van der Waals surface area contributed by atoms with Crippen LogP contribution in [0.25, 0.3) is 11.4 Å². The van der Waals surface area contributed by atoms with Gasteiger partial charge in [-0.1, -0.05) is 12.8 Å². The van der Waals surface area contributed by atoms with E-state index in [1.165, 1.54) is 29.3 Å². The number of nitrogens with one attached hydrogen (secondary N) is 2. The maximum atomic E-state index is 15.0. The van der Waals surface area contributed by atoms with Crippen LogP contribution in [0.2, 0.25) is 0 Å². The van der Waals surface area contributed by atoms with Gasteiger partial charge in [0.1, 0.15) is 11.4 Å². The van der Waals surface area contributed by atoms with Crippen LogP contribution in [0.3, 0.4) is 0 Å². The molecule has 39 heavy (non-hydrogen) atoms. The van der Waals surface area contributed by atoms with Gasteiger partial charge in [-0.15, -0.1) is 0 Å². The van der Waals surface area contributed by atoms with Crippen molar-refractivity contribution >= 4 is 23.5 Å². The van der Waals surface area contributed by atoms with Crippen LogP contribution in [0.1, 0.15) is 52.0 Å². The minimum atomic E-state index is -0.799. The molecule has 0 bridgehead atoms. The number of carbonyl (C=O) groups excluding carboxylic acids is 2. The second kappa shape index (κ2) is 12.2. The average Bonchev–Trinajstić information content (AvgIpc) is 2.90. The molecule has 3 aromatic rings. The predicted octanol–water partition coefficient (Wildman–Crippen LogP) is 5.04. The van der Waals surface area contributed by atoms with Gasteiger partial charge in [-0.25, -0.2) is 23.9 Å². The van der Waals surface area contributed by atoms with Crippen molar-refractivity contribution < 1.29 is 23.8 Å². The van der Waals surface area contributed by atoms with Crippen LogP contribution >= 0.6 is 0 Å². The van der Waals surface area contributed by atoms with E-state index >= 15 is 0 Å². The Morgan fingerprint density at radius 1 is 1.13 bits per heavy atom. The Morgan fingerprint density at radius 3 is 2.59 bits per heavy atom. The number of amides is 3. The van der Waals surface area contributed by atoms with Crippen molar-refractivity contribution in [3.8, 4) is 11.4 Å². The van der Waals surface area contributed by atoms with Gasteiger partial charge in [0.15, 0.2) is 5.82 Å². The summed E-state index contributed by atoms with van der Waals surface area (Å²) in [5.74, 6) is -0.143. The molecule has 2 heterocycles. The Hall–Kier alpha value is -4.12. The summed E-state index contributed by atoms with van der Waals surface area (Å²) in [5.41, 5.74) is 0.614. The first kappa shape index (κ1) is 27.9. The van der Waals surface area contributed by atoms with Crippen molar-refractivity contribution in [1.82, 2.24) is 20.3 Å². The molecular weight excluding hydrogens is 503 g/mol. The molecule has 0 radical (unpaired) electrons. The Bertz CT molecular complexity index is 1300. The lowest BCUT2D eigenvalue weighted by molar-refractivity contribution is 0.0577. The molecular formula is C28H33FN6O4. The zero-order valence-corrected chi connectivity index (χ0v) is 22.2. The maximum Gasteiger partial charge on any atom is 0.415 e. The fourth-order valence-electron chi connectivity index (χ4n) is 4.28. The summed E-state index contributed by atoms with van der Waals surface area (Å²) in [5, 5.41) is 15.6. The van der Waals surface area contributed by atoms with Gasteiger partial charge >= 0.3 is 12.1 Å². The van der Waals surface area contributed by atoms with Crippen molar-refractivity contribution in [2.45, 2.75) is 70.7 Å². The zero-order chi connectivity index (χ0) is 28.0. The second-order valence-electron chi connectivity index (χ2n) is 10.4. The number of rotatable bonds is 6. The molecule has 1 aliphatic rings. The Labute approximate surface area is 226 Å². The van der Waals surface area contributed by atoms with Gasteiger partial charge in [0.05, 0.1) is 30.6 Å². The molecule has 1 aromatic carbocycles. The highest BCUT2D eigenvalue weighted by atomic mass is 19.1. The standard InChI is InChI=1S/C28H33FN6O4/c1-28(2,3)39-27(38)35(21-14-18(15-30-16-21)25-31-11-6-12-32-25)17-19-13-20(9-10-22(19)29)33-26(37)34-23-7-4-5-8-24(23)36/h6,9-16,23-24,36H,4-5,7-8,17H2,1-3H3,(H2,33,34,37)/t23-,24+/m1/s1. The summed E-state index contributed by atoms with van der Waals surface area (Å²) in [7, 11) is 0. The Kier molecular flexibility index (Phi) is 8.70. The third-order valence-electron chi connectivity index (χ3n) is 6.15. The highest BCUT2D eigenvalue weighted by Crippen LogP contribution is 2.26. The molecule has 2 aromatic heterocycles. The molecule has 0 saturated heterocycles. The van der Waals surface area contributed by atoms with Crippen LogP contribution in [-0.2, 0) is 11.3 Å². The molecule has 4 rings (SSSR count). The number of hydrogen-bond donors (Lipinski definition) is 3. The zero-order valence-electron chi connectivity index (χ0n) is 22.2. The van der Waals surface area contributed by atoms with Gasteiger partial charge in [-0.05, 0) is 63.9 Å². The van der Waals surface area contributed by atoms with Gasteiger partial charge in [0.2, 0.25) is 0 Å². The van der Waals surface area contributed by atoms with Gasteiger partial charge < -0.3 is 20.5 Å². The topological polar surface area (TPSA) is 130 Å². The molecule has 0 spiro atoms. The molecule has 1 fully saturated rings. The number of benzene rings is 1. The van der Waals surface area contributed by atoms with Gasteiger partial charge in [0, 0.05) is 35.4 Å². The van der Waals surface area contributed by atoms with Gasteiger partial charge in [-0.3, -0.25) is 9.88 Å². The molecule has 3 amide bonds. The molecule has 1 saturated carbocycles. The average molecular weight is 537 g/mol. The van der Waals surface area contributed by atoms with Gasteiger partial charge in [0.25, 0.3) is 0 Å². The summed E-state index contributed by atoms with van der Waals surface area (Å²) >= 11 is 0. The van der Waals surface area contributed by atoms with E-state index in [9.17, 15) is 19.1 Å². The molecule has 0 aliphatic heterocycles. The van der Waals surface area contributed by atoms with Crippen LogP contribution < -0.4 is 15.5 Å². The van der Waals surface area contributed by atoms with Crippen molar-refractivity contribution in [1.29, 1.82) is 0 Å². The summed E-state index contributed by atoms with van der Waals surface area (Å²) in [6.07, 6.45) is 8.12.